The van der Waals surface area contributed by atoms with Gasteiger partial charge >= 0.3 is 0 Å². The van der Waals surface area contributed by atoms with Crippen LogP contribution in [0.25, 0.3) is 10.8 Å². The van der Waals surface area contributed by atoms with Crippen LogP contribution in [0.5, 0.6) is 0 Å². The molecule has 0 radical (unpaired) electrons. The number of anilines is 1. The van der Waals surface area contributed by atoms with Crippen LogP contribution in [0.2, 0.25) is 0 Å². The monoisotopic (exact) mass is 385 g/mol. The fourth-order valence-corrected chi connectivity index (χ4v) is 3.76. The van der Waals surface area contributed by atoms with Crippen molar-refractivity contribution < 1.29 is 14.7 Å². The van der Waals surface area contributed by atoms with Gasteiger partial charge < -0.3 is 24.7 Å². The van der Waals surface area contributed by atoms with Crippen molar-refractivity contribution in [2.45, 2.75) is 31.7 Å². The number of piperidine rings is 1. The molecule has 1 aromatic heterocycles. The van der Waals surface area contributed by atoms with Crippen LogP contribution in [0.3, 0.4) is 0 Å². The summed E-state index contributed by atoms with van der Waals surface area (Å²) >= 11 is 0. The van der Waals surface area contributed by atoms with Gasteiger partial charge in [-0.25, -0.2) is 0 Å². The van der Waals surface area contributed by atoms with Gasteiger partial charge in [-0.2, -0.15) is 0 Å². The fraction of sp³-hybridized carbons (Fsp3) is 0.476. The Bertz CT molecular complexity index is 900. The van der Waals surface area contributed by atoms with E-state index >= 15 is 0 Å². The normalized spacial score (nSPS) is 16.1. The Labute approximate surface area is 164 Å². The predicted molar refractivity (Wildman–Crippen MR) is 109 cm³/mol. The first kappa shape index (κ1) is 20.1. The van der Waals surface area contributed by atoms with E-state index in [2.05, 4.69) is 10.2 Å². The van der Waals surface area contributed by atoms with Crippen LogP contribution < -0.4 is 15.8 Å². The number of aliphatic hydroxyl groups excluding tert-OH is 1. The molecule has 7 heteroatoms. The van der Waals surface area contributed by atoms with Crippen LogP contribution >= 0.6 is 0 Å². The maximum absolute atomic E-state index is 12.9. The second-order valence-corrected chi connectivity index (χ2v) is 7.33. The highest BCUT2D eigenvalue weighted by Gasteiger charge is 2.20. The number of aldehydes is 1. The largest absolute Gasteiger partial charge is 0.396 e. The molecule has 1 saturated heterocycles. The number of rotatable bonds is 7. The molecule has 1 atom stereocenters. The Balaban J connectivity index is 1.83. The lowest BCUT2D eigenvalue weighted by atomic mass is 9.97. The molecule has 1 aliphatic heterocycles. The summed E-state index contributed by atoms with van der Waals surface area (Å²) in [5, 5.41) is 13.2. The van der Waals surface area contributed by atoms with Gasteiger partial charge in [0.1, 0.15) is 6.29 Å². The molecule has 1 amide bonds. The van der Waals surface area contributed by atoms with Crippen molar-refractivity contribution in [3.63, 3.8) is 0 Å². The second-order valence-electron chi connectivity index (χ2n) is 7.33. The molecule has 1 fully saturated rings. The van der Waals surface area contributed by atoms with Crippen LogP contribution in [0, 0.1) is 5.92 Å². The highest BCUT2D eigenvalue weighted by Crippen LogP contribution is 2.26. The number of aromatic nitrogens is 1. The molecule has 7 nitrogen and oxygen atoms in total. The van der Waals surface area contributed by atoms with Crippen molar-refractivity contribution in [2.24, 2.45) is 5.92 Å². The van der Waals surface area contributed by atoms with Crippen molar-refractivity contribution in [2.75, 3.05) is 31.6 Å². The number of aliphatic hydroxyl groups is 1. The number of carbonyl (C=O) groups excluding carboxylic acids is 2. The summed E-state index contributed by atoms with van der Waals surface area (Å²) in [5.41, 5.74) is 0.838. The lowest BCUT2D eigenvalue weighted by Gasteiger charge is -2.33. The van der Waals surface area contributed by atoms with E-state index in [9.17, 15) is 19.5 Å². The second kappa shape index (κ2) is 9.01. The van der Waals surface area contributed by atoms with Crippen molar-refractivity contribution in [1.29, 1.82) is 0 Å². The molecule has 0 saturated carbocycles. The molecule has 1 aliphatic rings. The van der Waals surface area contributed by atoms with E-state index in [-0.39, 0.29) is 30.9 Å². The number of hydrogen-bond acceptors (Lipinski definition) is 5. The summed E-state index contributed by atoms with van der Waals surface area (Å²) in [6.45, 7) is 2.02. The standard InChI is InChI=1S/C21H27N3O4/c1-22-20(27)5-3-18(14-26)24-11-8-16-12-17(2-4-19(16)21(24)28)23-9-6-15(13-25)7-10-23/h2,4,8,11-12,14-15,18,25H,3,5-7,9-10,13H2,1H3,(H,22,27). The maximum Gasteiger partial charge on any atom is 0.259 e. The highest BCUT2D eigenvalue weighted by molar-refractivity contribution is 5.85. The first-order valence-electron chi connectivity index (χ1n) is 9.74. The topological polar surface area (TPSA) is 91.6 Å². The lowest BCUT2D eigenvalue weighted by molar-refractivity contribution is -0.121. The Morgan fingerprint density at radius 3 is 2.71 bits per heavy atom. The number of hydrogen-bond donors (Lipinski definition) is 2. The Morgan fingerprint density at radius 2 is 2.07 bits per heavy atom. The third-order valence-corrected chi connectivity index (χ3v) is 5.61. The van der Waals surface area contributed by atoms with Gasteiger partial charge in [0, 0.05) is 50.4 Å². The average molecular weight is 385 g/mol. The van der Waals surface area contributed by atoms with Crippen LogP contribution in [0.1, 0.15) is 31.7 Å². The zero-order valence-corrected chi connectivity index (χ0v) is 16.1. The van der Waals surface area contributed by atoms with Gasteiger partial charge in [0.15, 0.2) is 0 Å². The number of carbonyl (C=O) groups is 2. The predicted octanol–water partition coefficient (Wildman–Crippen LogP) is 1.48. The molecule has 2 heterocycles. The third-order valence-electron chi connectivity index (χ3n) is 5.61. The van der Waals surface area contributed by atoms with Gasteiger partial charge in [-0.05, 0) is 54.8 Å². The van der Waals surface area contributed by atoms with Gasteiger partial charge in [0.25, 0.3) is 5.56 Å². The summed E-state index contributed by atoms with van der Waals surface area (Å²) in [7, 11) is 1.55. The zero-order chi connectivity index (χ0) is 20.1. The van der Waals surface area contributed by atoms with Gasteiger partial charge in [-0.3, -0.25) is 9.59 Å². The molecule has 28 heavy (non-hydrogen) atoms. The van der Waals surface area contributed by atoms with Crippen LogP contribution in [0.15, 0.2) is 35.3 Å². The molecular weight excluding hydrogens is 358 g/mol. The SMILES string of the molecule is CNC(=O)CCC(C=O)n1ccc2cc(N3CCC(CO)CC3)ccc2c1=O. The quantitative estimate of drug-likeness (QED) is 0.705. The van der Waals surface area contributed by atoms with Gasteiger partial charge in [0.05, 0.1) is 6.04 Å². The van der Waals surface area contributed by atoms with Gasteiger partial charge in [-0.1, -0.05) is 0 Å². The lowest BCUT2D eigenvalue weighted by Crippen LogP contribution is -2.34. The summed E-state index contributed by atoms with van der Waals surface area (Å²) in [6.07, 6.45) is 4.75. The van der Waals surface area contributed by atoms with E-state index < -0.39 is 6.04 Å². The molecule has 0 bridgehead atoms. The van der Waals surface area contributed by atoms with E-state index in [1.807, 2.05) is 24.3 Å². The molecule has 0 spiro atoms. The van der Waals surface area contributed by atoms with Crippen molar-refractivity contribution in [3.05, 3.63) is 40.8 Å². The summed E-state index contributed by atoms with van der Waals surface area (Å²) < 4.78 is 1.41. The minimum absolute atomic E-state index is 0.157. The first-order chi connectivity index (χ1) is 13.6. The number of nitrogens with zero attached hydrogens (tertiary/aromatic N) is 2. The highest BCUT2D eigenvalue weighted by atomic mass is 16.3. The molecule has 0 aliphatic carbocycles. The summed E-state index contributed by atoms with van der Waals surface area (Å²) in [5.74, 6) is 0.217. The molecule has 2 N–H and O–H groups in total. The minimum atomic E-state index is -0.661. The zero-order valence-electron chi connectivity index (χ0n) is 16.1. The molecule has 1 aromatic carbocycles. The molecule has 3 rings (SSSR count). The average Bonchev–Trinajstić information content (AvgIpc) is 2.75. The van der Waals surface area contributed by atoms with Crippen LogP contribution in [0.4, 0.5) is 5.69 Å². The Kier molecular flexibility index (Phi) is 6.46. The van der Waals surface area contributed by atoms with Gasteiger partial charge in [-0.15, -0.1) is 0 Å². The van der Waals surface area contributed by atoms with E-state index in [1.165, 1.54) is 4.57 Å². The van der Waals surface area contributed by atoms with Crippen molar-refractivity contribution in [3.8, 4) is 0 Å². The number of pyridine rings is 1. The molecular formula is C21H27N3O4. The van der Waals surface area contributed by atoms with Crippen molar-refractivity contribution >= 4 is 28.7 Å². The fourth-order valence-electron chi connectivity index (χ4n) is 3.76. The number of nitrogens with one attached hydrogen (secondary N) is 1. The number of benzene rings is 1. The number of amides is 1. The van der Waals surface area contributed by atoms with E-state index in [4.69, 9.17) is 0 Å². The maximum atomic E-state index is 12.9. The van der Waals surface area contributed by atoms with E-state index in [1.54, 1.807) is 13.2 Å². The van der Waals surface area contributed by atoms with Gasteiger partial charge in [0.2, 0.25) is 5.91 Å². The first-order valence-corrected chi connectivity index (χ1v) is 9.74. The molecule has 150 valence electrons. The molecule has 2 aromatic rings. The minimum Gasteiger partial charge on any atom is -0.396 e. The van der Waals surface area contributed by atoms with Crippen LogP contribution in [-0.2, 0) is 9.59 Å². The van der Waals surface area contributed by atoms with Crippen LogP contribution in [-0.4, -0.2) is 48.6 Å². The summed E-state index contributed by atoms with van der Waals surface area (Å²) in [6, 6.07) is 6.93. The smallest absolute Gasteiger partial charge is 0.259 e. The third kappa shape index (κ3) is 4.25. The van der Waals surface area contributed by atoms with E-state index in [0.717, 1.165) is 43.3 Å². The molecule has 1 unspecified atom stereocenters. The van der Waals surface area contributed by atoms with E-state index in [0.29, 0.717) is 11.3 Å². The van der Waals surface area contributed by atoms with Crippen molar-refractivity contribution in [1.82, 2.24) is 9.88 Å². The summed E-state index contributed by atoms with van der Waals surface area (Å²) in [4.78, 5) is 38.1. The number of fused-ring (bicyclic) bond motifs is 1. The Hall–Kier alpha value is -2.67. The Morgan fingerprint density at radius 1 is 1.32 bits per heavy atom.